The molecule has 26 heavy (non-hydrogen) atoms. The molecule has 7 nitrogen and oxygen atoms in total. The summed E-state index contributed by atoms with van der Waals surface area (Å²) in [5, 5.41) is 17.0. The van der Waals surface area contributed by atoms with Crippen molar-refractivity contribution in [3.63, 3.8) is 0 Å². The van der Waals surface area contributed by atoms with Crippen LogP contribution in [0, 0.1) is 6.92 Å². The molecule has 0 aliphatic carbocycles. The fourth-order valence-electron chi connectivity index (χ4n) is 2.82. The maximum absolute atomic E-state index is 12.3. The number of amides is 2. The summed E-state index contributed by atoms with van der Waals surface area (Å²) in [6.07, 6.45) is 2.48. The number of anilines is 1. The smallest absolute Gasteiger partial charge is 0.319 e. The molecule has 2 aromatic carbocycles. The number of nitrogens with zero attached hydrogens (tertiary/aromatic N) is 4. The Kier molecular flexibility index (Phi) is 5.58. The minimum absolute atomic E-state index is 0.231. The normalized spacial score (nSPS) is 11.8. The number of aromatic nitrogens is 4. The molecular formula is C19H22N6O. The standard InChI is InChI=1S/C19H22N6O/c1-3-15(16-7-5-4-6-8-16)12-20-19(26)22-17-10-9-14(2)18(11-17)25-13-21-23-24-25/h4-11,13,15H,3,12H2,1-2H3,(H2,20,22,26). The molecule has 0 spiro atoms. The lowest BCUT2D eigenvalue weighted by Gasteiger charge is -2.17. The van der Waals surface area contributed by atoms with Crippen LogP contribution in [-0.2, 0) is 0 Å². The summed E-state index contributed by atoms with van der Waals surface area (Å²) in [6.45, 7) is 4.67. The van der Waals surface area contributed by atoms with E-state index in [1.54, 1.807) is 4.68 Å². The van der Waals surface area contributed by atoms with Gasteiger partial charge in [-0.15, -0.1) is 5.10 Å². The molecule has 0 bridgehead atoms. The Bertz CT molecular complexity index is 848. The first kappa shape index (κ1) is 17.6. The summed E-state index contributed by atoms with van der Waals surface area (Å²) in [6, 6.07) is 15.6. The molecule has 0 fully saturated rings. The molecule has 0 radical (unpaired) electrons. The van der Waals surface area contributed by atoms with Gasteiger partial charge in [-0.2, -0.15) is 0 Å². The average molecular weight is 350 g/mol. The first-order chi connectivity index (χ1) is 12.7. The summed E-state index contributed by atoms with van der Waals surface area (Å²) in [5.41, 5.74) is 3.75. The third kappa shape index (κ3) is 4.24. The lowest BCUT2D eigenvalue weighted by atomic mass is 9.97. The third-order valence-electron chi connectivity index (χ3n) is 4.34. The van der Waals surface area contributed by atoms with Gasteiger partial charge in [0.15, 0.2) is 0 Å². The van der Waals surface area contributed by atoms with Gasteiger partial charge in [0.2, 0.25) is 0 Å². The van der Waals surface area contributed by atoms with E-state index in [0.29, 0.717) is 12.2 Å². The second-order valence-corrected chi connectivity index (χ2v) is 6.11. The van der Waals surface area contributed by atoms with E-state index >= 15 is 0 Å². The minimum Gasteiger partial charge on any atom is -0.337 e. The molecular weight excluding hydrogens is 328 g/mol. The monoisotopic (exact) mass is 350 g/mol. The molecule has 2 N–H and O–H groups in total. The molecule has 7 heteroatoms. The van der Waals surface area contributed by atoms with Crippen LogP contribution in [0.5, 0.6) is 0 Å². The molecule has 1 atom stereocenters. The van der Waals surface area contributed by atoms with Crippen LogP contribution in [0.3, 0.4) is 0 Å². The first-order valence-electron chi connectivity index (χ1n) is 8.61. The lowest BCUT2D eigenvalue weighted by Crippen LogP contribution is -2.32. The maximum Gasteiger partial charge on any atom is 0.319 e. The summed E-state index contributed by atoms with van der Waals surface area (Å²) >= 11 is 0. The molecule has 1 aromatic heterocycles. The van der Waals surface area contributed by atoms with Gasteiger partial charge < -0.3 is 10.6 Å². The quantitative estimate of drug-likeness (QED) is 0.714. The molecule has 3 rings (SSSR count). The summed E-state index contributed by atoms with van der Waals surface area (Å²) in [5.74, 6) is 0.289. The number of rotatable bonds is 6. The highest BCUT2D eigenvalue weighted by Crippen LogP contribution is 2.19. The number of aryl methyl sites for hydroxylation is 1. The Morgan fingerprint density at radius 2 is 2.00 bits per heavy atom. The highest BCUT2D eigenvalue weighted by molar-refractivity contribution is 5.89. The number of benzene rings is 2. The zero-order valence-electron chi connectivity index (χ0n) is 14.9. The van der Waals surface area contributed by atoms with Gasteiger partial charge in [-0.3, -0.25) is 0 Å². The number of tetrazole rings is 1. The van der Waals surface area contributed by atoms with Crippen molar-refractivity contribution in [2.24, 2.45) is 0 Å². The SMILES string of the molecule is CCC(CNC(=O)Nc1ccc(C)c(-n2cnnn2)c1)c1ccccc1. The highest BCUT2D eigenvalue weighted by atomic mass is 16.2. The van der Waals surface area contributed by atoms with Crippen LogP contribution in [0.15, 0.2) is 54.9 Å². The van der Waals surface area contributed by atoms with Crippen LogP contribution in [-0.4, -0.2) is 32.8 Å². The van der Waals surface area contributed by atoms with Crippen LogP contribution in [0.1, 0.15) is 30.4 Å². The number of nitrogens with one attached hydrogen (secondary N) is 2. The minimum atomic E-state index is -0.231. The molecule has 134 valence electrons. The predicted molar refractivity (Wildman–Crippen MR) is 100 cm³/mol. The van der Waals surface area contributed by atoms with Gasteiger partial charge in [-0.1, -0.05) is 43.3 Å². The molecule has 2 amide bonds. The van der Waals surface area contributed by atoms with E-state index < -0.39 is 0 Å². The topological polar surface area (TPSA) is 84.7 Å². The molecule has 0 aliphatic heterocycles. The van der Waals surface area contributed by atoms with Crippen molar-refractivity contribution in [1.82, 2.24) is 25.5 Å². The van der Waals surface area contributed by atoms with Gasteiger partial charge in [-0.25, -0.2) is 9.48 Å². The van der Waals surface area contributed by atoms with Crippen LogP contribution >= 0.6 is 0 Å². The van der Waals surface area contributed by atoms with Crippen molar-refractivity contribution < 1.29 is 4.79 Å². The largest absolute Gasteiger partial charge is 0.337 e. The maximum atomic E-state index is 12.3. The molecule has 3 aromatic rings. The Labute approximate surface area is 152 Å². The Hall–Kier alpha value is -3.22. The fourth-order valence-corrected chi connectivity index (χ4v) is 2.82. The van der Waals surface area contributed by atoms with Crippen molar-refractivity contribution in [1.29, 1.82) is 0 Å². The number of carbonyl (C=O) groups is 1. The van der Waals surface area contributed by atoms with E-state index in [2.05, 4.69) is 45.2 Å². The number of hydrogen-bond donors (Lipinski definition) is 2. The second kappa shape index (κ2) is 8.24. The van der Waals surface area contributed by atoms with E-state index in [9.17, 15) is 4.79 Å². The Morgan fingerprint density at radius 1 is 1.19 bits per heavy atom. The van der Waals surface area contributed by atoms with Crippen molar-refractivity contribution in [3.8, 4) is 5.69 Å². The zero-order valence-corrected chi connectivity index (χ0v) is 14.9. The second-order valence-electron chi connectivity index (χ2n) is 6.11. The van der Waals surface area contributed by atoms with Crippen LogP contribution in [0.4, 0.5) is 10.5 Å². The van der Waals surface area contributed by atoms with Crippen LogP contribution in [0.25, 0.3) is 5.69 Å². The summed E-state index contributed by atoms with van der Waals surface area (Å²) in [7, 11) is 0. The molecule has 0 aliphatic rings. The number of urea groups is 1. The molecule has 1 unspecified atom stereocenters. The van der Waals surface area contributed by atoms with Crippen molar-refractivity contribution in [3.05, 3.63) is 66.0 Å². The average Bonchev–Trinajstić information content (AvgIpc) is 3.19. The molecule has 1 heterocycles. The van der Waals surface area contributed by atoms with Gasteiger partial charge in [0.25, 0.3) is 0 Å². The van der Waals surface area contributed by atoms with E-state index in [4.69, 9.17) is 0 Å². The Balaban J connectivity index is 1.62. The molecule has 0 saturated heterocycles. The van der Waals surface area contributed by atoms with Crippen LogP contribution < -0.4 is 10.6 Å². The molecule has 0 saturated carbocycles. The van der Waals surface area contributed by atoms with Crippen molar-refractivity contribution >= 4 is 11.7 Å². The summed E-state index contributed by atoms with van der Waals surface area (Å²) < 4.78 is 1.57. The van der Waals surface area contributed by atoms with Gasteiger partial charge in [0.1, 0.15) is 6.33 Å². The van der Waals surface area contributed by atoms with Gasteiger partial charge in [-0.05, 0) is 47.0 Å². The van der Waals surface area contributed by atoms with Crippen molar-refractivity contribution in [2.45, 2.75) is 26.2 Å². The first-order valence-corrected chi connectivity index (χ1v) is 8.61. The third-order valence-corrected chi connectivity index (χ3v) is 4.34. The van der Waals surface area contributed by atoms with Gasteiger partial charge in [0.05, 0.1) is 5.69 Å². The van der Waals surface area contributed by atoms with Gasteiger partial charge in [0, 0.05) is 18.2 Å². The van der Waals surface area contributed by atoms with Crippen molar-refractivity contribution in [2.75, 3.05) is 11.9 Å². The summed E-state index contributed by atoms with van der Waals surface area (Å²) in [4.78, 5) is 12.3. The number of hydrogen-bond acceptors (Lipinski definition) is 4. The highest BCUT2D eigenvalue weighted by Gasteiger charge is 2.11. The Morgan fingerprint density at radius 3 is 2.69 bits per heavy atom. The number of carbonyl (C=O) groups excluding carboxylic acids is 1. The van der Waals surface area contributed by atoms with E-state index in [1.807, 2.05) is 43.3 Å². The van der Waals surface area contributed by atoms with E-state index in [0.717, 1.165) is 17.7 Å². The fraction of sp³-hybridized carbons (Fsp3) is 0.263. The zero-order chi connectivity index (χ0) is 18.4. The predicted octanol–water partition coefficient (Wildman–Crippen LogP) is 3.29. The lowest BCUT2D eigenvalue weighted by molar-refractivity contribution is 0.251. The van der Waals surface area contributed by atoms with E-state index in [1.165, 1.54) is 11.9 Å². The van der Waals surface area contributed by atoms with Gasteiger partial charge >= 0.3 is 6.03 Å². The van der Waals surface area contributed by atoms with Crippen LogP contribution in [0.2, 0.25) is 0 Å². The van der Waals surface area contributed by atoms with E-state index in [-0.39, 0.29) is 11.9 Å².